The number of amides is 4. The van der Waals surface area contributed by atoms with E-state index < -0.39 is 46.8 Å². The summed E-state index contributed by atoms with van der Waals surface area (Å²) in [7, 11) is 0. The highest BCUT2D eigenvalue weighted by Gasteiger charge is 2.34. The molecule has 4 amide bonds. The molecule has 0 unspecified atom stereocenters. The monoisotopic (exact) mass is 660 g/mol. The van der Waals surface area contributed by atoms with E-state index in [9.17, 15) is 32.3 Å². The number of aromatic hydroxyl groups is 1. The molecule has 3 N–H and O–H groups in total. The molecule has 0 atom stereocenters. The maximum atomic E-state index is 14.1. The first-order valence-electron chi connectivity index (χ1n) is 13.8. The van der Waals surface area contributed by atoms with E-state index in [1.807, 2.05) is 19.1 Å². The van der Waals surface area contributed by atoms with Gasteiger partial charge in [-0.25, -0.2) is 23.0 Å². The van der Waals surface area contributed by atoms with Gasteiger partial charge in [-0.05, 0) is 49.7 Å². The van der Waals surface area contributed by atoms with Gasteiger partial charge in [-0.15, -0.1) is 0 Å². The number of phenols is 1. The third-order valence-corrected chi connectivity index (χ3v) is 7.46. The van der Waals surface area contributed by atoms with E-state index in [1.54, 1.807) is 55.5 Å². The van der Waals surface area contributed by atoms with E-state index in [2.05, 4.69) is 10.6 Å². The molecule has 2 heterocycles. The van der Waals surface area contributed by atoms with Crippen LogP contribution in [0.25, 0.3) is 0 Å². The molecule has 0 spiro atoms. The number of hydrogen-bond acceptors (Lipinski definition) is 7. The van der Waals surface area contributed by atoms with E-state index in [-0.39, 0.29) is 27.8 Å². The maximum absolute atomic E-state index is 14.1. The van der Waals surface area contributed by atoms with Crippen molar-refractivity contribution >= 4 is 58.0 Å². The molecule has 0 aliphatic carbocycles. The van der Waals surface area contributed by atoms with Crippen LogP contribution in [-0.2, 0) is 19.2 Å². The van der Waals surface area contributed by atoms with Gasteiger partial charge in [-0.1, -0.05) is 53.6 Å². The molecule has 9 nitrogen and oxygen atoms in total. The summed E-state index contributed by atoms with van der Waals surface area (Å²) in [5.74, 6) is -6.85. The van der Waals surface area contributed by atoms with Crippen molar-refractivity contribution in [2.75, 3.05) is 20.4 Å². The number of carbonyl (C=O) groups excluding carboxylic acids is 4. The summed E-state index contributed by atoms with van der Waals surface area (Å²) >= 11 is 5.86. The molecular weight excluding hydrogens is 637 g/mol. The van der Waals surface area contributed by atoms with E-state index in [1.165, 1.54) is 6.07 Å². The van der Waals surface area contributed by atoms with Gasteiger partial charge in [0.2, 0.25) is 0 Å². The summed E-state index contributed by atoms with van der Waals surface area (Å²) in [6.45, 7) is 3.58. The molecule has 0 bridgehead atoms. The summed E-state index contributed by atoms with van der Waals surface area (Å²) in [4.78, 5) is 50.5. The fourth-order valence-corrected chi connectivity index (χ4v) is 4.71. The van der Waals surface area contributed by atoms with Crippen LogP contribution in [0, 0.1) is 31.3 Å². The van der Waals surface area contributed by atoms with Gasteiger partial charge in [0.05, 0.1) is 22.1 Å². The molecule has 2 aliphatic heterocycles. The molecule has 238 valence electrons. The summed E-state index contributed by atoms with van der Waals surface area (Å²) in [5.41, 5.74) is 2.40. The number of nitrogens with one attached hydrogen (secondary N) is 2. The zero-order valence-electron chi connectivity index (χ0n) is 24.6. The Balaban J connectivity index is 0.000000185. The standard InChI is InChI=1S/C17H12ClFN2O2.C17H12F2N2O3/c1-10-7-8-12(16(19)15(10)18)20-13-9-14(22)21(17(13)23)11-5-3-2-4-6-11;1-9-2-4-10(5-3-9)20-14-8-15(22)21(17(14)24)11-6-12(18)16(23)13(19)7-11/h2-9,20H,1H3;2-8,20,23H,1H3. The van der Waals surface area contributed by atoms with E-state index in [4.69, 9.17) is 16.7 Å². The second-order valence-corrected chi connectivity index (χ2v) is 10.7. The molecule has 0 radical (unpaired) electrons. The molecule has 6 rings (SSSR count). The van der Waals surface area contributed by atoms with Crippen LogP contribution < -0.4 is 20.4 Å². The smallest absolute Gasteiger partial charge is 0.281 e. The predicted molar refractivity (Wildman–Crippen MR) is 170 cm³/mol. The van der Waals surface area contributed by atoms with Crippen molar-refractivity contribution in [1.82, 2.24) is 0 Å². The Morgan fingerprint density at radius 3 is 1.79 bits per heavy atom. The van der Waals surface area contributed by atoms with Crippen LogP contribution in [0.5, 0.6) is 5.75 Å². The van der Waals surface area contributed by atoms with Gasteiger partial charge < -0.3 is 15.7 Å². The number of phenolic OH excluding ortho intramolecular Hbond substituents is 1. The zero-order valence-corrected chi connectivity index (χ0v) is 25.4. The topological polar surface area (TPSA) is 119 Å². The van der Waals surface area contributed by atoms with Gasteiger partial charge in [-0.3, -0.25) is 19.2 Å². The number of nitrogens with zero attached hydrogens (tertiary/aromatic N) is 2. The molecule has 13 heteroatoms. The lowest BCUT2D eigenvalue weighted by atomic mass is 10.2. The van der Waals surface area contributed by atoms with E-state index in [0.717, 1.165) is 34.7 Å². The van der Waals surface area contributed by atoms with Crippen LogP contribution in [0.2, 0.25) is 5.02 Å². The lowest BCUT2D eigenvalue weighted by Gasteiger charge is -2.16. The Morgan fingerprint density at radius 1 is 0.681 bits per heavy atom. The van der Waals surface area contributed by atoms with Crippen molar-refractivity contribution in [1.29, 1.82) is 0 Å². The van der Waals surface area contributed by atoms with Gasteiger partial charge in [0.15, 0.2) is 23.2 Å². The third-order valence-electron chi connectivity index (χ3n) is 6.99. The minimum atomic E-state index is -1.26. The molecular formula is C34H24ClF3N4O5. The predicted octanol–water partition coefficient (Wildman–Crippen LogP) is 6.50. The number of hydrogen-bond donors (Lipinski definition) is 3. The Hall–Kier alpha value is -5.88. The van der Waals surface area contributed by atoms with Gasteiger partial charge in [-0.2, -0.15) is 0 Å². The molecule has 0 aromatic heterocycles. The molecule has 4 aromatic carbocycles. The van der Waals surface area contributed by atoms with Crippen LogP contribution >= 0.6 is 11.6 Å². The largest absolute Gasteiger partial charge is 0.503 e. The Morgan fingerprint density at radius 2 is 1.21 bits per heavy atom. The van der Waals surface area contributed by atoms with Crippen LogP contribution in [0.1, 0.15) is 11.1 Å². The van der Waals surface area contributed by atoms with Crippen LogP contribution in [0.4, 0.5) is 35.9 Å². The Labute approximate surface area is 271 Å². The quantitative estimate of drug-likeness (QED) is 0.202. The molecule has 4 aromatic rings. The molecule has 2 aliphatic rings. The van der Waals surface area contributed by atoms with Crippen molar-refractivity contribution in [2.24, 2.45) is 0 Å². The zero-order chi connectivity index (χ0) is 34.0. The summed E-state index contributed by atoms with van der Waals surface area (Å²) in [5, 5.41) is 14.5. The number of benzene rings is 4. The first-order chi connectivity index (χ1) is 22.3. The molecule has 47 heavy (non-hydrogen) atoms. The SMILES string of the molecule is Cc1ccc(NC2=CC(=O)N(c3cc(F)c(O)c(F)c3)C2=O)cc1.Cc1ccc(NC2=CC(=O)N(c3ccccc3)C2=O)c(F)c1Cl. The second kappa shape index (κ2) is 13.2. The molecule has 0 saturated carbocycles. The van der Waals surface area contributed by atoms with Gasteiger partial charge in [0.25, 0.3) is 23.6 Å². The molecule has 0 saturated heterocycles. The lowest BCUT2D eigenvalue weighted by molar-refractivity contribution is -0.121. The van der Waals surface area contributed by atoms with Gasteiger partial charge in [0.1, 0.15) is 11.4 Å². The minimum Gasteiger partial charge on any atom is -0.503 e. The van der Waals surface area contributed by atoms with Crippen LogP contribution in [0.15, 0.2) is 102 Å². The maximum Gasteiger partial charge on any atom is 0.281 e. The highest BCUT2D eigenvalue weighted by atomic mass is 35.5. The third kappa shape index (κ3) is 6.72. The number of para-hydroxylation sites is 1. The van der Waals surface area contributed by atoms with Crippen molar-refractivity contribution in [3.63, 3.8) is 0 Å². The van der Waals surface area contributed by atoms with E-state index in [0.29, 0.717) is 21.8 Å². The number of anilines is 4. The number of aryl methyl sites for hydroxylation is 2. The normalized spacial score (nSPS) is 14.2. The minimum absolute atomic E-state index is 0.00215. The van der Waals surface area contributed by atoms with Crippen LogP contribution in [-0.4, -0.2) is 28.7 Å². The summed E-state index contributed by atoms with van der Waals surface area (Å²) in [6, 6.07) is 20.2. The Bertz CT molecular complexity index is 1980. The highest BCUT2D eigenvalue weighted by Crippen LogP contribution is 2.31. The second-order valence-electron chi connectivity index (χ2n) is 10.3. The summed E-state index contributed by atoms with van der Waals surface area (Å²) < 4.78 is 41.0. The fourth-order valence-electron chi connectivity index (χ4n) is 4.55. The highest BCUT2D eigenvalue weighted by molar-refractivity contribution is 6.33. The number of imide groups is 2. The number of halogens is 4. The average molecular weight is 661 g/mol. The van der Waals surface area contributed by atoms with Crippen molar-refractivity contribution in [3.8, 4) is 5.75 Å². The van der Waals surface area contributed by atoms with Crippen molar-refractivity contribution in [3.05, 3.63) is 136 Å². The van der Waals surface area contributed by atoms with Gasteiger partial charge >= 0.3 is 0 Å². The first-order valence-corrected chi connectivity index (χ1v) is 14.2. The Kier molecular flexibility index (Phi) is 9.15. The van der Waals surface area contributed by atoms with Crippen LogP contribution in [0.3, 0.4) is 0 Å². The number of rotatable bonds is 6. The fraction of sp³-hybridized carbons (Fsp3) is 0.0588. The van der Waals surface area contributed by atoms with E-state index >= 15 is 0 Å². The first kappa shape index (κ1) is 32.5. The van der Waals surface area contributed by atoms with Crippen molar-refractivity contribution < 1.29 is 37.5 Å². The lowest BCUT2D eigenvalue weighted by Crippen LogP contribution is -2.32. The molecule has 0 fully saturated rings. The van der Waals surface area contributed by atoms with Crippen molar-refractivity contribution in [2.45, 2.75) is 13.8 Å². The van der Waals surface area contributed by atoms with Gasteiger partial charge in [0, 0.05) is 30.0 Å². The average Bonchev–Trinajstić information content (AvgIpc) is 3.49. The summed E-state index contributed by atoms with van der Waals surface area (Å²) in [6.07, 6.45) is 2.19. The number of carbonyl (C=O) groups is 4.